The van der Waals surface area contributed by atoms with E-state index in [1.165, 1.54) is 4.68 Å². The van der Waals surface area contributed by atoms with Gasteiger partial charge in [0, 0.05) is 18.1 Å². The van der Waals surface area contributed by atoms with Gasteiger partial charge >= 0.3 is 10.8 Å². The van der Waals surface area contributed by atoms with Gasteiger partial charge in [0.15, 0.2) is 0 Å². The SMILES string of the molecule is Cc1nn(C)c(NCc2csc(=O)[nH]2)c1C(=O)O. The number of hydrogen-bond acceptors (Lipinski definition) is 5. The highest BCUT2D eigenvalue weighted by Crippen LogP contribution is 2.19. The molecule has 2 heterocycles. The fraction of sp³-hybridized carbons (Fsp3) is 0.300. The molecule has 0 saturated carbocycles. The molecule has 0 saturated heterocycles. The van der Waals surface area contributed by atoms with E-state index in [1.54, 1.807) is 19.4 Å². The van der Waals surface area contributed by atoms with Crippen LogP contribution < -0.4 is 10.2 Å². The molecule has 18 heavy (non-hydrogen) atoms. The summed E-state index contributed by atoms with van der Waals surface area (Å²) in [4.78, 5) is 24.6. The molecule has 3 N–H and O–H groups in total. The van der Waals surface area contributed by atoms with E-state index < -0.39 is 5.97 Å². The standard InChI is InChI=1S/C10H12N4O3S/c1-5-7(9(15)16)8(14(2)13-5)11-3-6-4-18-10(17)12-6/h4,11H,3H2,1-2H3,(H,12,17)(H,15,16). The van der Waals surface area contributed by atoms with Gasteiger partial charge in [0.1, 0.15) is 11.4 Å². The minimum Gasteiger partial charge on any atom is -0.477 e. The van der Waals surface area contributed by atoms with E-state index in [0.29, 0.717) is 23.8 Å². The first-order valence-corrected chi connectivity index (χ1v) is 6.04. The van der Waals surface area contributed by atoms with Crippen molar-refractivity contribution in [1.29, 1.82) is 0 Å². The first-order valence-electron chi connectivity index (χ1n) is 5.16. The molecule has 96 valence electrons. The van der Waals surface area contributed by atoms with E-state index in [-0.39, 0.29) is 10.4 Å². The Morgan fingerprint density at radius 3 is 2.94 bits per heavy atom. The number of nitrogens with one attached hydrogen (secondary N) is 2. The third-order valence-electron chi connectivity index (χ3n) is 2.45. The van der Waals surface area contributed by atoms with Crippen LogP contribution in [0.15, 0.2) is 10.2 Å². The summed E-state index contributed by atoms with van der Waals surface area (Å²) < 4.78 is 1.48. The zero-order valence-corrected chi connectivity index (χ0v) is 10.7. The predicted octanol–water partition coefficient (Wildman–Crippen LogP) is 0.789. The molecule has 8 heteroatoms. The number of carboxylic acid groups (broad SMARTS) is 1. The molecule has 2 aromatic heterocycles. The first kappa shape index (κ1) is 12.4. The van der Waals surface area contributed by atoms with Crippen molar-refractivity contribution >= 4 is 23.1 Å². The normalized spacial score (nSPS) is 10.6. The summed E-state index contributed by atoms with van der Waals surface area (Å²) in [5, 5.41) is 17.8. The molecule has 0 aliphatic rings. The van der Waals surface area contributed by atoms with Gasteiger partial charge in [-0.25, -0.2) is 4.79 Å². The summed E-state index contributed by atoms with van der Waals surface area (Å²) in [6.07, 6.45) is 0. The highest BCUT2D eigenvalue weighted by atomic mass is 32.1. The second kappa shape index (κ2) is 4.65. The summed E-state index contributed by atoms with van der Waals surface area (Å²) in [6, 6.07) is 0. The Kier molecular flexibility index (Phi) is 3.19. The molecule has 0 aliphatic heterocycles. The largest absolute Gasteiger partial charge is 0.477 e. The van der Waals surface area contributed by atoms with Crippen molar-refractivity contribution in [3.63, 3.8) is 0 Å². The summed E-state index contributed by atoms with van der Waals surface area (Å²) >= 11 is 1.07. The molecule has 0 unspecified atom stereocenters. The average Bonchev–Trinajstić information content (AvgIpc) is 2.79. The quantitative estimate of drug-likeness (QED) is 0.761. The minimum atomic E-state index is -1.03. The molecule has 0 spiro atoms. The maximum absolute atomic E-state index is 11.1. The predicted molar refractivity (Wildman–Crippen MR) is 67.2 cm³/mol. The summed E-state index contributed by atoms with van der Waals surface area (Å²) in [5.74, 6) is -0.603. The van der Waals surface area contributed by atoms with Crippen LogP contribution in [-0.4, -0.2) is 25.8 Å². The van der Waals surface area contributed by atoms with Gasteiger partial charge in [0.05, 0.1) is 12.2 Å². The zero-order chi connectivity index (χ0) is 13.3. The Labute approximate surface area is 106 Å². The number of hydrogen-bond donors (Lipinski definition) is 3. The molecular weight excluding hydrogens is 256 g/mol. The lowest BCUT2D eigenvalue weighted by Crippen LogP contribution is -2.10. The smallest absolute Gasteiger partial charge is 0.341 e. The van der Waals surface area contributed by atoms with Crippen LogP contribution in [0.4, 0.5) is 5.82 Å². The Balaban J connectivity index is 2.23. The molecule has 0 fully saturated rings. The molecule has 0 bridgehead atoms. The van der Waals surface area contributed by atoms with Crippen molar-refractivity contribution in [3.05, 3.63) is 32.0 Å². The average molecular weight is 268 g/mol. The zero-order valence-electron chi connectivity index (χ0n) is 9.85. The van der Waals surface area contributed by atoms with Crippen LogP contribution >= 0.6 is 11.3 Å². The van der Waals surface area contributed by atoms with Gasteiger partial charge in [-0.3, -0.25) is 9.48 Å². The second-order valence-corrected chi connectivity index (χ2v) is 4.61. The van der Waals surface area contributed by atoms with Gasteiger partial charge in [0.25, 0.3) is 0 Å². The van der Waals surface area contributed by atoms with E-state index in [0.717, 1.165) is 11.3 Å². The highest BCUT2D eigenvalue weighted by molar-refractivity contribution is 7.07. The van der Waals surface area contributed by atoms with Crippen molar-refractivity contribution in [2.75, 3.05) is 5.32 Å². The van der Waals surface area contributed by atoms with Crippen molar-refractivity contribution in [3.8, 4) is 0 Å². The number of nitrogens with zero attached hydrogens (tertiary/aromatic N) is 2. The van der Waals surface area contributed by atoms with Gasteiger partial charge in [0.2, 0.25) is 0 Å². The lowest BCUT2D eigenvalue weighted by atomic mass is 10.2. The lowest BCUT2D eigenvalue weighted by molar-refractivity contribution is 0.0697. The number of carboxylic acids is 1. The van der Waals surface area contributed by atoms with Crippen LogP contribution in [0.2, 0.25) is 0 Å². The van der Waals surface area contributed by atoms with Gasteiger partial charge < -0.3 is 15.4 Å². The number of carbonyl (C=O) groups is 1. The van der Waals surface area contributed by atoms with Crippen LogP contribution in [0.1, 0.15) is 21.7 Å². The lowest BCUT2D eigenvalue weighted by Gasteiger charge is -2.06. The first-order chi connectivity index (χ1) is 8.49. The summed E-state index contributed by atoms with van der Waals surface area (Å²) in [7, 11) is 1.66. The van der Waals surface area contributed by atoms with Crippen molar-refractivity contribution in [1.82, 2.24) is 14.8 Å². The number of rotatable bonds is 4. The van der Waals surface area contributed by atoms with Crippen LogP contribution in [0.5, 0.6) is 0 Å². The van der Waals surface area contributed by atoms with Crippen molar-refractivity contribution in [2.45, 2.75) is 13.5 Å². The third kappa shape index (κ3) is 2.28. The number of aromatic nitrogens is 3. The van der Waals surface area contributed by atoms with E-state index in [2.05, 4.69) is 15.4 Å². The monoisotopic (exact) mass is 268 g/mol. The molecule has 2 rings (SSSR count). The number of aryl methyl sites for hydroxylation is 2. The van der Waals surface area contributed by atoms with Gasteiger partial charge in [-0.1, -0.05) is 11.3 Å². The number of aromatic carboxylic acids is 1. The van der Waals surface area contributed by atoms with Crippen LogP contribution in [0.3, 0.4) is 0 Å². The number of H-pyrrole nitrogens is 1. The topological polar surface area (TPSA) is 100 Å². The van der Waals surface area contributed by atoms with E-state index in [1.807, 2.05) is 0 Å². The Bertz CT molecular complexity index is 640. The van der Waals surface area contributed by atoms with Gasteiger partial charge in [-0.2, -0.15) is 5.10 Å². The van der Waals surface area contributed by atoms with Crippen LogP contribution in [-0.2, 0) is 13.6 Å². The molecule has 0 atom stereocenters. The maximum Gasteiger partial charge on any atom is 0.341 e. The number of thiazole rings is 1. The molecular formula is C10H12N4O3S. The van der Waals surface area contributed by atoms with Gasteiger partial charge in [-0.05, 0) is 6.92 Å². The summed E-state index contributed by atoms with van der Waals surface area (Å²) in [5.41, 5.74) is 1.31. The molecule has 0 amide bonds. The van der Waals surface area contributed by atoms with Crippen LogP contribution in [0.25, 0.3) is 0 Å². The number of aromatic amines is 1. The fourth-order valence-corrected chi connectivity index (χ4v) is 2.28. The fourth-order valence-electron chi connectivity index (χ4n) is 1.70. The third-order valence-corrected chi connectivity index (χ3v) is 3.17. The van der Waals surface area contributed by atoms with Crippen LogP contribution in [0, 0.1) is 6.92 Å². The van der Waals surface area contributed by atoms with E-state index in [4.69, 9.17) is 5.11 Å². The number of anilines is 1. The molecule has 0 aromatic carbocycles. The molecule has 0 aliphatic carbocycles. The van der Waals surface area contributed by atoms with Crippen molar-refractivity contribution in [2.24, 2.45) is 7.05 Å². The Morgan fingerprint density at radius 1 is 1.67 bits per heavy atom. The minimum absolute atomic E-state index is 0.133. The highest BCUT2D eigenvalue weighted by Gasteiger charge is 2.19. The maximum atomic E-state index is 11.1. The van der Waals surface area contributed by atoms with E-state index in [9.17, 15) is 9.59 Å². The second-order valence-electron chi connectivity index (χ2n) is 3.76. The van der Waals surface area contributed by atoms with Gasteiger partial charge in [-0.15, -0.1) is 0 Å². The molecule has 7 nitrogen and oxygen atoms in total. The Hall–Kier alpha value is -2.09. The Morgan fingerprint density at radius 2 is 2.39 bits per heavy atom. The summed E-state index contributed by atoms with van der Waals surface area (Å²) in [6.45, 7) is 1.99. The van der Waals surface area contributed by atoms with Crippen molar-refractivity contribution < 1.29 is 9.90 Å². The molecule has 2 aromatic rings. The molecule has 0 radical (unpaired) electrons. The van der Waals surface area contributed by atoms with E-state index >= 15 is 0 Å².